The molecule has 1 aliphatic heterocycles. The number of halogens is 3. The van der Waals surface area contributed by atoms with Gasteiger partial charge in [0, 0.05) is 11.9 Å². The fourth-order valence-corrected chi connectivity index (χ4v) is 4.56. The van der Waals surface area contributed by atoms with Crippen LogP contribution in [0.4, 0.5) is 18.3 Å². The molecular weight excluding hydrogens is 448 g/mol. The molecule has 13 heteroatoms. The highest BCUT2D eigenvalue weighted by molar-refractivity contribution is 7.13. The third-order valence-corrected chi connectivity index (χ3v) is 6.54. The van der Waals surface area contributed by atoms with Crippen LogP contribution in [0.3, 0.4) is 0 Å². The first-order valence-corrected chi connectivity index (χ1v) is 11.6. The minimum Gasteiger partial charge on any atom is -0.426 e. The van der Waals surface area contributed by atoms with Crippen LogP contribution in [0.2, 0.25) is 0 Å². The van der Waals surface area contributed by atoms with Crippen molar-refractivity contribution in [3.8, 4) is 0 Å². The summed E-state index contributed by atoms with van der Waals surface area (Å²) in [5, 5.41) is 25.5. The zero-order valence-electron chi connectivity index (χ0n) is 17.9. The van der Waals surface area contributed by atoms with Crippen LogP contribution in [-0.4, -0.2) is 58.5 Å². The van der Waals surface area contributed by atoms with Crippen LogP contribution < -0.4 is 15.5 Å². The predicted molar refractivity (Wildman–Crippen MR) is 114 cm³/mol. The molecule has 178 valence electrons. The molecule has 0 radical (unpaired) electrons. The van der Waals surface area contributed by atoms with Crippen molar-refractivity contribution in [2.45, 2.75) is 70.2 Å². The average Bonchev–Trinajstić information content (AvgIpc) is 3.32. The van der Waals surface area contributed by atoms with E-state index in [4.69, 9.17) is 0 Å². The van der Waals surface area contributed by atoms with Gasteiger partial charge in [-0.15, -0.1) is 11.3 Å². The Labute approximate surface area is 188 Å². The number of hydrogen-bond donors (Lipinski definition) is 4. The zero-order valence-corrected chi connectivity index (χ0v) is 18.7. The van der Waals surface area contributed by atoms with Crippen molar-refractivity contribution in [2.75, 3.05) is 11.4 Å². The number of hydrogen-bond acceptors (Lipinski definition) is 7. The molecule has 8 nitrogen and oxygen atoms in total. The van der Waals surface area contributed by atoms with E-state index in [1.165, 1.54) is 4.90 Å². The number of rotatable bonds is 10. The van der Waals surface area contributed by atoms with Gasteiger partial charge < -0.3 is 25.6 Å². The van der Waals surface area contributed by atoms with Crippen LogP contribution in [0.25, 0.3) is 0 Å². The molecule has 2 aliphatic rings. The Morgan fingerprint density at radius 2 is 1.97 bits per heavy atom. The lowest BCUT2D eigenvalue weighted by Crippen LogP contribution is -2.61. The molecule has 2 fully saturated rings. The summed E-state index contributed by atoms with van der Waals surface area (Å²) in [6.45, 7) is 4.17. The molecule has 3 rings (SSSR count). The number of alkyl halides is 3. The van der Waals surface area contributed by atoms with E-state index in [0.29, 0.717) is 31.7 Å². The van der Waals surface area contributed by atoms with Crippen molar-refractivity contribution in [1.82, 2.24) is 15.6 Å². The van der Waals surface area contributed by atoms with Gasteiger partial charge >= 0.3 is 13.3 Å². The molecule has 1 saturated carbocycles. The van der Waals surface area contributed by atoms with E-state index in [0.717, 1.165) is 29.6 Å². The first-order chi connectivity index (χ1) is 15.0. The normalized spacial score (nSPS) is 20.5. The topological polar surface area (TPSA) is 115 Å². The molecule has 1 aromatic heterocycles. The molecule has 0 bridgehead atoms. The van der Waals surface area contributed by atoms with Gasteiger partial charge in [0.1, 0.15) is 12.1 Å². The Morgan fingerprint density at radius 1 is 1.28 bits per heavy atom. The fraction of sp³-hybridized carbons (Fsp3) is 0.737. The van der Waals surface area contributed by atoms with Gasteiger partial charge in [-0.25, -0.2) is 4.98 Å². The average molecular weight is 476 g/mol. The summed E-state index contributed by atoms with van der Waals surface area (Å²) >= 11 is 0.825. The van der Waals surface area contributed by atoms with Gasteiger partial charge in [-0.05, 0) is 31.1 Å². The highest BCUT2D eigenvalue weighted by Crippen LogP contribution is 2.36. The quantitative estimate of drug-likeness (QED) is 0.382. The van der Waals surface area contributed by atoms with Crippen LogP contribution in [0.15, 0.2) is 5.38 Å². The maximum absolute atomic E-state index is 12.9. The number of anilines is 1. The third kappa shape index (κ3) is 6.35. The summed E-state index contributed by atoms with van der Waals surface area (Å²) in [5.74, 6) is -1.40. The smallest absolute Gasteiger partial charge is 0.426 e. The van der Waals surface area contributed by atoms with E-state index in [9.17, 15) is 32.8 Å². The van der Waals surface area contributed by atoms with Crippen LogP contribution >= 0.6 is 11.3 Å². The Bertz CT molecular complexity index is 819. The molecule has 3 atom stereocenters. The second-order valence-corrected chi connectivity index (χ2v) is 9.75. The lowest BCUT2D eigenvalue weighted by Gasteiger charge is -2.40. The number of carbonyl (C=O) groups excluding carboxylic acids is 2. The highest BCUT2D eigenvalue weighted by atomic mass is 32.1. The summed E-state index contributed by atoms with van der Waals surface area (Å²) in [6.07, 6.45) is -1.42. The van der Waals surface area contributed by atoms with Crippen molar-refractivity contribution >= 4 is 35.4 Å². The maximum Gasteiger partial charge on any atom is 0.475 e. The number of nitrogens with zero attached hydrogens (tertiary/aromatic N) is 2. The Hall–Kier alpha value is -1.86. The summed E-state index contributed by atoms with van der Waals surface area (Å²) < 4.78 is 38.5. The largest absolute Gasteiger partial charge is 0.475 e. The van der Waals surface area contributed by atoms with Crippen molar-refractivity contribution in [3.05, 3.63) is 11.1 Å². The number of nitrogens with one attached hydrogen (secondary N) is 2. The van der Waals surface area contributed by atoms with E-state index in [1.54, 1.807) is 0 Å². The number of carbonyl (C=O) groups is 2. The Balaban J connectivity index is 1.64. The number of aromatic nitrogens is 1. The van der Waals surface area contributed by atoms with Gasteiger partial charge in [0.15, 0.2) is 10.8 Å². The lowest BCUT2D eigenvalue weighted by molar-refractivity contribution is -0.140. The molecule has 1 aromatic rings. The first-order valence-electron chi connectivity index (χ1n) is 10.7. The monoisotopic (exact) mass is 476 g/mol. The van der Waals surface area contributed by atoms with E-state index in [2.05, 4.69) is 15.6 Å². The molecule has 0 spiro atoms. The van der Waals surface area contributed by atoms with E-state index < -0.39 is 48.8 Å². The van der Waals surface area contributed by atoms with Crippen LogP contribution in [0.5, 0.6) is 0 Å². The molecule has 1 saturated heterocycles. The van der Waals surface area contributed by atoms with Gasteiger partial charge in [0.05, 0.1) is 5.94 Å². The molecule has 32 heavy (non-hydrogen) atoms. The molecule has 2 heterocycles. The van der Waals surface area contributed by atoms with Gasteiger partial charge in [-0.1, -0.05) is 26.7 Å². The van der Waals surface area contributed by atoms with Crippen LogP contribution in [0.1, 0.15) is 51.6 Å². The summed E-state index contributed by atoms with van der Waals surface area (Å²) in [6, 6.07) is -1.56. The highest BCUT2D eigenvalue weighted by Gasteiger charge is 2.41. The maximum atomic E-state index is 12.9. The van der Waals surface area contributed by atoms with Crippen molar-refractivity contribution in [1.29, 1.82) is 0 Å². The summed E-state index contributed by atoms with van der Waals surface area (Å²) in [4.78, 5) is 30.8. The van der Waals surface area contributed by atoms with Gasteiger partial charge in [-0.2, -0.15) is 13.2 Å². The van der Waals surface area contributed by atoms with Crippen LogP contribution in [-0.2, 0) is 15.8 Å². The molecular formula is C19H28BF3N4O4S. The van der Waals surface area contributed by atoms with Crippen molar-refractivity contribution < 1.29 is 32.8 Å². The SMILES string of the molecule is CC(C)CC(NC(=O)C(CC1CC1)NC(=O)C1CCN1c1nc(C(F)(F)F)cs1)B(O)O. The standard InChI is InChI=1S/C19H28BF3N4O4S/c1-10(2)7-15(20(30)31)26-16(28)12(8-11-3-4-11)24-17(29)13-5-6-27(13)18-25-14(9-32-18)19(21,22)23/h9-13,15,30-31H,3-8H2,1-2H3,(H,24,29)(H,26,28). The van der Waals surface area contributed by atoms with Crippen molar-refractivity contribution in [2.24, 2.45) is 11.8 Å². The molecule has 4 N–H and O–H groups in total. The number of thiazole rings is 1. The van der Waals surface area contributed by atoms with E-state index in [-0.39, 0.29) is 11.0 Å². The van der Waals surface area contributed by atoms with Gasteiger partial charge in [0.25, 0.3) is 0 Å². The Morgan fingerprint density at radius 3 is 2.44 bits per heavy atom. The lowest BCUT2D eigenvalue weighted by atomic mass is 9.75. The van der Waals surface area contributed by atoms with E-state index in [1.807, 2.05) is 13.8 Å². The Kier molecular flexibility index (Phi) is 7.71. The third-order valence-electron chi connectivity index (χ3n) is 5.66. The minimum atomic E-state index is -4.55. The second-order valence-electron chi connectivity index (χ2n) is 8.91. The van der Waals surface area contributed by atoms with Gasteiger partial charge in [0.2, 0.25) is 11.8 Å². The minimum absolute atomic E-state index is 0.113. The van der Waals surface area contributed by atoms with Gasteiger partial charge in [-0.3, -0.25) is 9.59 Å². The second kappa shape index (κ2) is 9.96. The van der Waals surface area contributed by atoms with Crippen molar-refractivity contribution in [3.63, 3.8) is 0 Å². The van der Waals surface area contributed by atoms with Crippen LogP contribution in [0, 0.1) is 11.8 Å². The first kappa shape index (κ1) is 24.8. The van der Waals surface area contributed by atoms with E-state index >= 15 is 0 Å². The molecule has 1 aliphatic carbocycles. The zero-order chi connectivity index (χ0) is 23.6. The molecule has 3 unspecified atom stereocenters. The number of amides is 2. The fourth-order valence-electron chi connectivity index (χ4n) is 3.65. The predicted octanol–water partition coefficient (Wildman–Crippen LogP) is 1.57. The summed E-state index contributed by atoms with van der Waals surface area (Å²) in [7, 11) is -1.73. The molecule has 2 amide bonds. The molecule has 0 aromatic carbocycles. The summed E-state index contributed by atoms with van der Waals surface area (Å²) in [5.41, 5.74) is -0.992.